The maximum atomic E-state index is 2.42. The van der Waals surface area contributed by atoms with Crippen LogP contribution in [-0.4, -0.2) is 5.75 Å². The van der Waals surface area contributed by atoms with Crippen molar-refractivity contribution in [1.29, 1.82) is 0 Å². The molecule has 0 aliphatic carbocycles. The molecule has 0 atom stereocenters. The summed E-state index contributed by atoms with van der Waals surface area (Å²) >= 11 is 2.04. The molecule has 0 aromatic heterocycles. The van der Waals surface area contributed by atoms with Crippen LogP contribution in [0.5, 0.6) is 0 Å². The minimum absolute atomic E-state index is 1.09. The molecule has 0 amide bonds. The zero-order chi connectivity index (χ0) is 23.4. The number of benzene rings is 2. The Balaban J connectivity index is 1.43. The van der Waals surface area contributed by atoms with Crippen molar-refractivity contribution in [2.45, 2.75) is 128 Å². The molecule has 0 spiro atoms. The third-order valence-corrected chi connectivity index (χ3v) is 7.89. The number of aryl methyl sites for hydroxylation is 1. The fourth-order valence-corrected chi connectivity index (χ4v) is 5.67. The van der Waals surface area contributed by atoms with Gasteiger partial charge >= 0.3 is 0 Å². The van der Waals surface area contributed by atoms with Gasteiger partial charge in [-0.1, -0.05) is 147 Å². The van der Waals surface area contributed by atoms with E-state index < -0.39 is 0 Å². The molecule has 0 heterocycles. The fraction of sp³-hybridized carbons (Fsp3) is 0.625. The maximum absolute atomic E-state index is 2.42. The van der Waals surface area contributed by atoms with Gasteiger partial charge < -0.3 is 0 Å². The van der Waals surface area contributed by atoms with Gasteiger partial charge in [0, 0.05) is 4.90 Å². The topological polar surface area (TPSA) is 0 Å². The Bertz CT molecular complexity index is 706. The summed E-state index contributed by atoms with van der Waals surface area (Å²) < 4.78 is 0. The minimum atomic E-state index is 1.09. The first-order chi connectivity index (χ1) is 16.3. The highest BCUT2D eigenvalue weighted by Crippen LogP contribution is 2.29. The molecule has 2 aromatic rings. The standard InChI is InChI=1S/C32H50S/c1-3-5-6-7-8-9-10-11-12-13-14-15-16-17-18-22-27-33-31-25-26-32(29(4-2)28-31)30-23-20-19-21-24-30/h19-21,23-26,28H,3-18,22,27H2,1-2H3. The quantitative estimate of drug-likeness (QED) is 0.138. The van der Waals surface area contributed by atoms with Gasteiger partial charge in [0.25, 0.3) is 0 Å². The Labute approximate surface area is 210 Å². The summed E-state index contributed by atoms with van der Waals surface area (Å²) in [5.74, 6) is 1.26. The number of thioether (sulfide) groups is 1. The molecular weight excluding hydrogens is 416 g/mol. The molecule has 2 aromatic carbocycles. The first-order valence-corrected chi connectivity index (χ1v) is 15.1. The van der Waals surface area contributed by atoms with Crippen molar-refractivity contribution in [2.75, 3.05) is 5.75 Å². The normalized spacial score (nSPS) is 11.2. The number of rotatable bonds is 20. The lowest BCUT2D eigenvalue weighted by Gasteiger charge is -2.11. The van der Waals surface area contributed by atoms with Crippen LogP contribution in [0.4, 0.5) is 0 Å². The van der Waals surface area contributed by atoms with E-state index in [0.717, 1.165) is 6.42 Å². The van der Waals surface area contributed by atoms with Crippen molar-refractivity contribution >= 4 is 11.8 Å². The average Bonchev–Trinajstić information content (AvgIpc) is 2.86. The van der Waals surface area contributed by atoms with Gasteiger partial charge in [0.05, 0.1) is 0 Å². The Morgan fingerprint density at radius 1 is 0.545 bits per heavy atom. The summed E-state index contributed by atoms with van der Waals surface area (Å²) in [7, 11) is 0. The first kappa shape index (κ1) is 28.0. The van der Waals surface area contributed by atoms with Crippen LogP contribution in [0.3, 0.4) is 0 Å². The third kappa shape index (κ3) is 12.7. The van der Waals surface area contributed by atoms with Gasteiger partial charge in [0.15, 0.2) is 0 Å². The molecule has 0 aliphatic rings. The van der Waals surface area contributed by atoms with Gasteiger partial charge in [0.2, 0.25) is 0 Å². The van der Waals surface area contributed by atoms with Crippen molar-refractivity contribution in [2.24, 2.45) is 0 Å². The van der Waals surface area contributed by atoms with E-state index >= 15 is 0 Å². The van der Waals surface area contributed by atoms with E-state index in [2.05, 4.69) is 62.4 Å². The predicted octanol–water partition coefficient (Wildman–Crippen LogP) is 11.3. The van der Waals surface area contributed by atoms with Gasteiger partial charge in [-0.3, -0.25) is 0 Å². The number of hydrogen-bond donors (Lipinski definition) is 0. The Hall–Kier alpha value is -1.21. The Kier molecular flexibility index (Phi) is 16.3. The molecule has 0 bridgehead atoms. The van der Waals surface area contributed by atoms with Gasteiger partial charge in [-0.2, -0.15) is 0 Å². The van der Waals surface area contributed by atoms with E-state index in [1.165, 1.54) is 130 Å². The SMILES string of the molecule is CCCCCCCCCCCCCCCCCCSc1ccc(-c2ccccc2)c(CC)c1. The summed E-state index contributed by atoms with van der Waals surface area (Å²) in [5, 5.41) is 0. The molecule has 0 aliphatic heterocycles. The lowest BCUT2D eigenvalue weighted by Crippen LogP contribution is -1.89. The number of unbranched alkanes of at least 4 members (excludes halogenated alkanes) is 15. The Morgan fingerprint density at radius 2 is 1.06 bits per heavy atom. The lowest BCUT2D eigenvalue weighted by molar-refractivity contribution is 0.531. The van der Waals surface area contributed by atoms with Crippen LogP contribution in [0.2, 0.25) is 0 Å². The summed E-state index contributed by atoms with van der Waals surface area (Å²) in [6, 6.07) is 17.9. The summed E-state index contributed by atoms with van der Waals surface area (Å²) in [6.45, 7) is 4.57. The summed E-state index contributed by atoms with van der Waals surface area (Å²) in [6.07, 6.45) is 24.1. The van der Waals surface area contributed by atoms with Crippen molar-refractivity contribution in [3.63, 3.8) is 0 Å². The van der Waals surface area contributed by atoms with Crippen LogP contribution in [0.1, 0.15) is 122 Å². The fourth-order valence-electron chi connectivity index (χ4n) is 4.69. The van der Waals surface area contributed by atoms with E-state index in [4.69, 9.17) is 0 Å². The maximum Gasteiger partial charge on any atom is 0.00751 e. The summed E-state index contributed by atoms with van der Waals surface area (Å²) in [5.41, 5.74) is 4.20. The second-order valence-corrected chi connectivity index (χ2v) is 10.9. The van der Waals surface area contributed by atoms with Crippen LogP contribution in [0.25, 0.3) is 11.1 Å². The second-order valence-electron chi connectivity index (χ2n) is 9.69. The van der Waals surface area contributed by atoms with Crippen molar-refractivity contribution in [3.8, 4) is 11.1 Å². The molecule has 0 radical (unpaired) electrons. The monoisotopic (exact) mass is 466 g/mol. The zero-order valence-electron chi connectivity index (χ0n) is 21.8. The third-order valence-electron chi connectivity index (χ3n) is 6.81. The van der Waals surface area contributed by atoms with E-state index in [1.807, 2.05) is 11.8 Å². The largest absolute Gasteiger partial charge is 0.126 e. The van der Waals surface area contributed by atoms with E-state index in [9.17, 15) is 0 Å². The molecular formula is C32H50S. The van der Waals surface area contributed by atoms with E-state index in [1.54, 1.807) is 0 Å². The highest BCUT2D eigenvalue weighted by Gasteiger charge is 2.05. The molecule has 0 fully saturated rings. The average molecular weight is 467 g/mol. The molecule has 184 valence electrons. The van der Waals surface area contributed by atoms with Crippen LogP contribution >= 0.6 is 11.8 Å². The molecule has 2 rings (SSSR count). The molecule has 33 heavy (non-hydrogen) atoms. The molecule has 1 heteroatoms. The zero-order valence-corrected chi connectivity index (χ0v) is 22.6. The van der Waals surface area contributed by atoms with Gasteiger partial charge in [-0.15, -0.1) is 11.8 Å². The highest BCUT2D eigenvalue weighted by molar-refractivity contribution is 7.99. The van der Waals surface area contributed by atoms with Crippen LogP contribution < -0.4 is 0 Å². The summed E-state index contributed by atoms with van der Waals surface area (Å²) in [4.78, 5) is 1.44. The van der Waals surface area contributed by atoms with E-state index in [0.29, 0.717) is 0 Å². The van der Waals surface area contributed by atoms with Gasteiger partial charge in [-0.25, -0.2) is 0 Å². The molecule has 0 saturated heterocycles. The van der Waals surface area contributed by atoms with Crippen molar-refractivity contribution < 1.29 is 0 Å². The lowest BCUT2D eigenvalue weighted by atomic mass is 9.98. The van der Waals surface area contributed by atoms with Crippen molar-refractivity contribution in [3.05, 3.63) is 54.1 Å². The predicted molar refractivity (Wildman–Crippen MR) is 152 cm³/mol. The second kappa shape index (κ2) is 19.1. The smallest absolute Gasteiger partial charge is 0.00751 e. The molecule has 0 unspecified atom stereocenters. The van der Waals surface area contributed by atoms with Gasteiger partial charge in [-0.05, 0) is 47.4 Å². The highest BCUT2D eigenvalue weighted by atomic mass is 32.2. The molecule has 0 saturated carbocycles. The Morgan fingerprint density at radius 3 is 1.58 bits per heavy atom. The van der Waals surface area contributed by atoms with Crippen LogP contribution in [0, 0.1) is 0 Å². The number of hydrogen-bond acceptors (Lipinski definition) is 1. The molecule has 0 nitrogen and oxygen atoms in total. The van der Waals surface area contributed by atoms with Crippen LogP contribution in [-0.2, 0) is 6.42 Å². The van der Waals surface area contributed by atoms with Crippen LogP contribution in [0.15, 0.2) is 53.4 Å². The molecule has 0 N–H and O–H groups in total. The van der Waals surface area contributed by atoms with Gasteiger partial charge in [0.1, 0.15) is 0 Å². The van der Waals surface area contributed by atoms with E-state index in [-0.39, 0.29) is 0 Å². The minimum Gasteiger partial charge on any atom is -0.126 e. The van der Waals surface area contributed by atoms with Crippen molar-refractivity contribution in [1.82, 2.24) is 0 Å². The first-order valence-electron chi connectivity index (χ1n) is 14.2.